The van der Waals surface area contributed by atoms with Gasteiger partial charge in [0.1, 0.15) is 0 Å². The summed E-state index contributed by atoms with van der Waals surface area (Å²) in [7, 11) is 4.24. The highest BCUT2D eigenvalue weighted by Crippen LogP contribution is 2.33. The molecule has 4 aromatic rings. The van der Waals surface area contributed by atoms with Gasteiger partial charge < -0.3 is 15.1 Å². The number of fused-ring (bicyclic) bond motifs is 1. The van der Waals surface area contributed by atoms with Crippen molar-refractivity contribution in [3.63, 3.8) is 0 Å². The highest BCUT2D eigenvalue weighted by atomic mass is 35.5. The van der Waals surface area contributed by atoms with E-state index in [0.29, 0.717) is 5.69 Å². The number of amides is 2. The van der Waals surface area contributed by atoms with Crippen LogP contribution in [0.5, 0.6) is 0 Å². The number of likely N-dealkylation sites (N-methyl/N-ethyl adjacent to an activating group) is 1. The molecule has 0 aliphatic carbocycles. The summed E-state index contributed by atoms with van der Waals surface area (Å²) >= 11 is 0. The van der Waals surface area contributed by atoms with Crippen molar-refractivity contribution in [3.8, 4) is 11.1 Å². The fourth-order valence-electron chi connectivity index (χ4n) is 4.62. The molecular formula is C31H32ClN4O. The fourth-order valence-corrected chi connectivity index (χ4v) is 4.62. The third kappa shape index (κ3) is 6.50. The Morgan fingerprint density at radius 1 is 0.757 bits per heavy atom. The summed E-state index contributed by atoms with van der Waals surface area (Å²) in [4.78, 5) is 16.3. The van der Waals surface area contributed by atoms with Gasteiger partial charge in [-0.1, -0.05) is 72.8 Å². The molecule has 5 nitrogen and oxygen atoms in total. The summed E-state index contributed by atoms with van der Waals surface area (Å²) in [5.74, 6) is 0. The molecule has 1 radical (unpaired) electrons. The Hall–Kier alpha value is -3.80. The second kappa shape index (κ2) is 12.0. The monoisotopic (exact) mass is 511 g/mol. The molecule has 189 valence electrons. The molecule has 5 rings (SSSR count). The third-order valence-corrected chi connectivity index (χ3v) is 6.48. The van der Waals surface area contributed by atoms with Gasteiger partial charge in [-0.2, -0.15) is 5.32 Å². The van der Waals surface area contributed by atoms with Crippen LogP contribution >= 0.6 is 12.4 Å². The summed E-state index contributed by atoms with van der Waals surface area (Å²) in [5, 5.41) is 6.83. The second-order valence-corrected chi connectivity index (χ2v) is 9.49. The van der Waals surface area contributed by atoms with E-state index in [9.17, 15) is 4.79 Å². The Morgan fingerprint density at radius 3 is 2.30 bits per heavy atom. The normalized spacial score (nSPS) is 11.9. The van der Waals surface area contributed by atoms with E-state index in [-0.39, 0.29) is 18.4 Å². The van der Waals surface area contributed by atoms with Crippen LogP contribution in [0.1, 0.15) is 16.7 Å². The Morgan fingerprint density at radius 2 is 1.49 bits per heavy atom. The van der Waals surface area contributed by atoms with Gasteiger partial charge >= 0.3 is 6.03 Å². The largest absolute Gasteiger partial charge is 0.366 e. The summed E-state index contributed by atoms with van der Waals surface area (Å²) < 4.78 is 0. The van der Waals surface area contributed by atoms with Gasteiger partial charge in [-0.15, -0.1) is 12.4 Å². The van der Waals surface area contributed by atoms with Gasteiger partial charge in [0.05, 0.1) is 11.4 Å². The lowest BCUT2D eigenvalue weighted by atomic mass is 10.0. The lowest BCUT2D eigenvalue weighted by Gasteiger charge is -2.29. The number of urea groups is 1. The van der Waals surface area contributed by atoms with Gasteiger partial charge in [-0.3, -0.25) is 0 Å². The number of carbonyl (C=O) groups excluding carboxylic acids is 1. The van der Waals surface area contributed by atoms with E-state index in [2.05, 4.69) is 113 Å². The Kier molecular flexibility index (Phi) is 8.49. The molecule has 1 heterocycles. The van der Waals surface area contributed by atoms with E-state index in [0.717, 1.165) is 42.9 Å². The number of nitrogens with one attached hydrogen (secondary N) is 1. The van der Waals surface area contributed by atoms with E-state index in [1.807, 2.05) is 18.2 Å². The van der Waals surface area contributed by atoms with Gasteiger partial charge in [0.2, 0.25) is 0 Å². The average Bonchev–Trinajstić information content (AvgIpc) is 3.27. The summed E-state index contributed by atoms with van der Waals surface area (Å²) in [6, 6.07) is 33.7. The number of hydrogen-bond acceptors (Lipinski definition) is 3. The zero-order valence-electron chi connectivity index (χ0n) is 21.2. The number of halogens is 1. The first-order chi connectivity index (χ1) is 17.5. The molecule has 1 aliphatic heterocycles. The number of rotatable bonds is 9. The first-order valence-corrected chi connectivity index (χ1v) is 12.3. The molecule has 0 unspecified atom stereocenters. The number of anilines is 2. The molecule has 6 heteroatoms. The van der Waals surface area contributed by atoms with E-state index < -0.39 is 0 Å². The van der Waals surface area contributed by atoms with Gasteiger partial charge in [0.25, 0.3) is 0 Å². The maximum Gasteiger partial charge on any atom is 0.346 e. The number of hydrogen-bond donors (Lipinski definition) is 1. The molecule has 0 bridgehead atoms. The van der Waals surface area contributed by atoms with Crippen LogP contribution in [0.2, 0.25) is 0 Å². The molecule has 0 fully saturated rings. The predicted octanol–water partition coefficient (Wildman–Crippen LogP) is 6.72. The van der Waals surface area contributed by atoms with Crippen LogP contribution < -0.4 is 15.5 Å². The average molecular weight is 512 g/mol. The summed E-state index contributed by atoms with van der Waals surface area (Å²) in [5.41, 5.74) is 8.80. The van der Waals surface area contributed by atoms with Crippen LogP contribution in [0.15, 0.2) is 97.1 Å². The topological polar surface area (TPSA) is 49.7 Å². The van der Waals surface area contributed by atoms with E-state index >= 15 is 0 Å². The number of benzene rings is 4. The number of carbonyl (C=O) groups is 1. The van der Waals surface area contributed by atoms with Gasteiger partial charge in [-0.25, -0.2) is 4.79 Å². The zero-order chi connectivity index (χ0) is 24.9. The number of para-hydroxylation sites is 1. The molecule has 0 saturated carbocycles. The lowest BCUT2D eigenvalue weighted by molar-refractivity contribution is 0.256. The van der Waals surface area contributed by atoms with Crippen molar-refractivity contribution in [2.24, 2.45) is 0 Å². The van der Waals surface area contributed by atoms with Crippen molar-refractivity contribution in [1.82, 2.24) is 10.2 Å². The molecule has 2 amide bonds. The maximum atomic E-state index is 11.6. The van der Waals surface area contributed by atoms with E-state index in [1.54, 1.807) is 0 Å². The molecule has 0 spiro atoms. The zero-order valence-corrected chi connectivity index (χ0v) is 22.0. The third-order valence-electron chi connectivity index (χ3n) is 6.48. The van der Waals surface area contributed by atoms with Crippen molar-refractivity contribution in [1.29, 1.82) is 0 Å². The highest BCUT2D eigenvalue weighted by Gasteiger charge is 2.19. The molecule has 0 aromatic heterocycles. The van der Waals surface area contributed by atoms with Crippen LogP contribution in [0.25, 0.3) is 11.1 Å². The minimum absolute atomic E-state index is 0. The van der Waals surface area contributed by atoms with Crippen LogP contribution in [-0.2, 0) is 13.0 Å². The minimum atomic E-state index is -0.304. The molecular weight excluding hydrogens is 480 g/mol. The first kappa shape index (κ1) is 26.3. The molecule has 1 aliphatic rings. The standard InChI is InChI=1S/C31H31N4O.ClH/c1-34(2)17-18-35(30-14-7-6-12-27(30)19-23-9-4-3-5-10-23)22-24-11-8-13-25(20-24)26-15-16-28-29(21-26)33-31(36)32-28;/h3-16,20-21H,17-19,22H2,1-2H3,(H,32,36);1H. The van der Waals surface area contributed by atoms with Crippen molar-refractivity contribution >= 4 is 35.5 Å². The maximum absolute atomic E-state index is 11.6. The van der Waals surface area contributed by atoms with Gasteiger partial charge in [-0.05, 0) is 72.6 Å². The molecule has 0 saturated heterocycles. The van der Waals surface area contributed by atoms with Crippen LogP contribution in [0.3, 0.4) is 0 Å². The molecule has 0 atom stereocenters. The Balaban J connectivity index is 0.00000320. The fraction of sp³-hybridized carbons (Fsp3) is 0.194. The summed E-state index contributed by atoms with van der Waals surface area (Å²) in [6.45, 7) is 2.70. The Labute approximate surface area is 225 Å². The smallest absolute Gasteiger partial charge is 0.346 e. The SMILES string of the molecule is CN(C)CCN(Cc1cccc(-c2ccc3c(c2)[N]C(=O)N3)c1)c1ccccc1Cc1ccccc1.Cl. The molecule has 37 heavy (non-hydrogen) atoms. The van der Waals surface area contributed by atoms with Crippen LogP contribution in [0, 0.1) is 0 Å². The van der Waals surface area contributed by atoms with Crippen LogP contribution in [-0.4, -0.2) is 38.1 Å². The van der Waals surface area contributed by atoms with E-state index in [4.69, 9.17) is 0 Å². The van der Waals surface area contributed by atoms with E-state index in [1.165, 1.54) is 22.4 Å². The minimum Gasteiger partial charge on any atom is -0.366 e. The Bertz CT molecular complexity index is 1360. The predicted molar refractivity (Wildman–Crippen MR) is 155 cm³/mol. The second-order valence-electron chi connectivity index (χ2n) is 9.49. The first-order valence-electron chi connectivity index (χ1n) is 12.3. The van der Waals surface area contributed by atoms with Crippen molar-refractivity contribution in [2.45, 2.75) is 13.0 Å². The van der Waals surface area contributed by atoms with Gasteiger partial charge in [0, 0.05) is 25.3 Å². The highest BCUT2D eigenvalue weighted by molar-refractivity contribution is 6.02. The lowest BCUT2D eigenvalue weighted by Crippen LogP contribution is -2.32. The molecule has 4 aromatic carbocycles. The van der Waals surface area contributed by atoms with Crippen molar-refractivity contribution in [2.75, 3.05) is 37.4 Å². The van der Waals surface area contributed by atoms with Crippen molar-refractivity contribution < 1.29 is 4.79 Å². The van der Waals surface area contributed by atoms with Crippen molar-refractivity contribution in [3.05, 3.63) is 114 Å². The quantitative estimate of drug-likeness (QED) is 0.271. The summed E-state index contributed by atoms with van der Waals surface area (Å²) in [6.07, 6.45) is 0.904. The molecule has 1 N–H and O–H groups in total. The number of nitrogens with zero attached hydrogens (tertiary/aromatic N) is 3. The van der Waals surface area contributed by atoms with Crippen LogP contribution in [0.4, 0.5) is 21.9 Å². The van der Waals surface area contributed by atoms with Gasteiger partial charge in [0.15, 0.2) is 0 Å².